The fraction of sp³-hybridized carbons (Fsp3) is 1.00. The van der Waals surface area contributed by atoms with Crippen molar-refractivity contribution in [3.05, 3.63) is 0 Å². The molecule has 38 heteroatoms. The first-order valence-corrected chi connectivity index (χ1v) is 25.9. The first-order chi connectivity index (χ1) is 19.8. The fourth-order valence-electron chi connectivity index (χ4n) is 4.50. The van der Waals surface area contributed by atoms with E-state index in [2.05, 4.69) is 0 Å². The molecule has 0 aromatic rings. The first kappa shape index (κ1) is 48.3. The normalized spacial score (nSPS) is 20.2. The molecule has 0 fully saturated rings. The molecule has 7 unspecified atom stereocenters. The first-order valence-electron chi connectivity index (χ1n) is 10.7. The van der Waals surface area contributed by atoms with Crippen LogP contribution in [0.3, 0.4) is 0 Å². The number of aliphatic hydroxyl groups is 2. The molecule has 0 aliphatic heterocycles. The molecule has 20 N–H and O–H groups in total. The summed E-state index contributed by atoms with van der Waals surface area (Å²) >= 11 is 0. The van der Waals surface area contributed by atoms with Crippen LogP contribution < -0.4 is 0 Å². The molecule has 0 aliphatic rings. The van der Waals surface area contributed by atoms with Crippen LogP contribution in [-0.4, -0.2) is 150 Å². The van der Waals surface area contributed by atoms with Crippen LogP contribution in [0.4, 0.5) is 0 Å². The van der Waals surface area contributed by atoms with E-state index in [-0.39, 0.29) is 0 Å². The molecule has 0 aliphatic carbocycles. The van der Waals surface area contributed by atoms with E-state index in [1.807, 2.05) is 0 Å². The zero-order chi connectivity index (χ0) is 38.7. The lowest BCUT2D eigenvalue weighted by Crippen LogP contribution is -2.58. The van der Waals surface area contributed by atoms with Gasteiger partial charge in [-0.15, -0.1) is 0 Å². The van der Waals surface area contributed by atoms with E-state index < -0.39 is 120 Å². The molecular formula is C9H29O29P9. The molecule has 0 saturated heterocycles. The zero-order valence-electron chi connectivity index (χ0n) is 21.9. The van der Waals surface area contributed by atoms with Crippen molar-refractivity contribution in [1.82, 2.24) is 0 Å². The highest BCUT2D eigenvalue weighted by molar-refractivity contribution is 7.64. The van der Waals surface area contributed by atoms with Crippen LogP contribution in [0.2, 0.25) is 0 Å². The topological polar surface area (TPSA) is 558 Å². The number of hydrogen-bond donors (Lipinski definition) is 20. The Morgan fingerprint density at radius 3 is 0.809 bits per heavy atom. The van der Waals surface area contributed by atoms with Gasteiger partial charge in [0.1, 0.15) is 5.66 Å². The van der Waals surface area contributed by atoms with Gasteiger partial charge in [0.05, 0.1) is 40.1 Å². The summed E-state index contributed by atoms with van der Waals surface area (Å²) < 4.78 is 111. The summed E-state index contributed by atoms with van der Waals surface area (Å²) in [6.45, 7) is 0. The van der Waals surface area contributed by atoms with Crippen LogP contribution in [-0.2, 0) is 41.1 Å². The summed E-state index contributed by atoms with van der Waals surface area (Å²) in [6, 6.07) is 0. The van der Waals surface area contributed by atoms with Crippen molar-refractivity contribution in [1.29, 1.82) is 0 Å². The molecule has 0 spiro atoms. The molecule has 0 bridgehead atoms. The van der Waals surface area contributed by atoms with Crippen molar-refractivity contribution < 1.29 is 139 Å². The van der Waals surface area contributed by atoms with Crippen molar-refractivity contribution in [3.8, 4) is 0 Å². The lowest BCUT2D eigenvalue weighted by Gasteiger charge is -2.45. The van der Waals surface area contributed by atoms with Gasteiger partial charge < -0.3 is 98.3 Å². The summed E-state index contributed by atoms with van der Waals surface area (Å²) in [5, 5.41) is 20.0. The minimum absolute atomic E-state index is 2.58. The standard InChI is InChI=1S/C9H29O29P9/c10-9(11,47(36,37)38)8(46(33,34)35)7(45(30,31)32)6(44(27,28)29)5(43(24,25)26)4(42(21,22)23)3(41(18,19)20)2(40(15,16)17)1-39(12,13)14/h2-8,10-11H,1H2,(H2,12,13,14)(H2,15,16,17)(H2,18,19,20)(H2,21,22,23)(H2,24,25,26)(H2,27,28,29)(H2,30,31,32)(H2,33,34,35)(H2,36,37,38). The largest absolute Gasteiger partial charge is 0.385 e. The van der Waals surface area contributed by atoms with Crippen molar-refractivity contribution in [2.45, 2.75) is 45.1 Å². The van der Waals surface area contributed by atoms with E-state index in [0.29, 0.717) is 0 Å². The lowest BCUT2D eigenvalue weighted by molar-refractivity contribution is -0.110. The maximum atomic E-state index is 12.7. The molecule has 0 heterocycles. The fourth-order valence-corrected chi connectivity index (χ4v) is 22.8. The maximum absolute atomic E-state index is 12.7. The van der Waals surface area contributed by atoms with Gasteiger partial charge in [-0.05, 0) is 0 Å². The quantitative estimate of drug-likeness (QED) is 0.0479. The molecule has 47 heavy (non-hydrogen) atoms. The second kappa shape index (κ2) is 14.6. The lowest BCUT2D eigenvalue weighted by atomic mass is 10.1. The van der Waals surface area contributed by atoms with Gasteiger partial charge in [0.15, 0.2) is 0 Å². The SMILES string of the molecule is O=P(O)(O)CC(C(C(C(C(C(C(C(O)(O)P(=O)(O)O)P(=O)(O)O)P(=O)(O)O)P(=O)(O)O)P(=O)(O)O)P(=O)(O)O)P(=O)(O)O)P(=O)(O)O. The average molecular weight is 880 g/mol. The Bertz CT molecular complexity index is 1580. The molecule has 0 aromatic carbocycles. The van der Waals surface area contributed by atoms with E-state index in [0.717, 1.165) is 0 Å². The molecule has 0 amide bonds. The van der Waals surface area contributed by atoms with Crippen LogP contribution in [0.25, 0.3) is 0 Å². The summed E-state index contributed by atoms with van der Waals surface area (Å²) in [6.07, 6.45) is -2.58. The Kier molecular flexibility index (Phi) is 15.0. The van der Waals surface area contributed by atoms with Gasteiger partial charge >= 0.3 is 68.4 Å². The minimum atomic E-state index is -7.40. The molecule has 29 nitrogen and oxygen atoms in total. The Morgan fingerprint density at radius 1 is 0.362 bits per heavy atom. The van der Waals surface area contributed by atoms with Gasteiger partial charge in [0.25, 0.3) is 5.53 Å². The van der Waals surface area contributed by atoms with Crippen molar-refractivity contribution in [3.63, 3.8) is 0 Å². The van der Waals surface area contributed by atoms with Crippen molar-refractivity contribution in [2.75, 3.05) is 6.16 Å². The van der Waals surface area contributed by atoms with Gasteiger partial charge in [-0.25, -0.2) is 0 Å². The van der Waals surface area contributed by atoms with Crippen LogP contribution in [0.1, 0.15) is 0 Å². The number of rotatable bonds is 17. The van der Waals surface area contributed by atoms with Crippen LogP contribution in [0, 0.1) is 0 Å². The Balaban J connectivity index is 9.03. The zero-order valence-corrected chi connectivity index (χ0v) is 29.9. The van der Waals surface area contributed by atoms with Gasteiger partial charge in [-0.3, -0.25) is 41.1 Å². The molecule has 0 radical (unpaired) electrons. The van der Waals surface area contributed by atoms with E-state index in [9.17, 15) is 139 Å². The van der Waals surface area contributed by atoms with Gasteiger partial charge in [0, 0.05) is 0 Å². The van der Waals surface area contributed by atoms with Crippen molar-refractivity contribution >= 4 is 68.4 Å². The smallest absolute Gasteiger partial charge is 0.355 e. The van der Waals surface area contributed by atoms with E-state index in [1.54, 1.807) is 0 Å². The third kappa shape index (κ3) is 12.7. The monoisotopic (exact) mass is 880 g/mol. The van der Waals surface area contributed by atoms with Crippen LogP contribution in [0.5, 0.6) is 0 Å². The average Bonchev–Trinajstić information content (AvgIpc) is 2.65. The van der Waals surface area contributed by atoms with Crippen LogP contribution >= 0.6 is 68.4 Å². The minimum Gasteiger partial charge on any atom is -0.355 e. The summed E-state index contributed by atoms with van der Waals surface area (Å²) in [4.78, 5) is 175. The molecular weight excluding hydrogens is 851 g/mol. The Morgan fingerprint density at radius 2 is 0.617 bits per heavy atom. The van der Waals surface area contributed by atoms with Crippen LogP contribution in [0.15, 0.2) is 0 Å². The Hall–Kier alpha value is 1.27. The predicted octanol–water partition coefficient (Wildman–Crippen LogP) is -5.20. The Labute approximate surface area is 259 Å². The highest BCUT2D eigenvalue weighted by atomic mass is 31.2. The van der Waals surface area contributed by atoms with Gasteiger partial charge in [0.2, 0.25) is 0 Å². The molecule has 0 rings (SSSR count). The van der Waals surface area contributed by atoms with E-state index >= 15 is 0 Å². The van der Waals surface area contributed by atoms with E-state index in [4.69, 9.17) is 0 Å². The highest BCUT2D eigenvalue weighted by Crippen LogP contribution is 2.74. The third-order valence-electron chi connectivity index (χ3n) is 6.10. The summed E-state index contributed by atoms with van der Waals surface area (Å²) in [5.41, 5.74) is -37.5. The third-order valence-corrected chi connectivity index (χ3v) is 19.9. The van der Waals surface area contributed by atoms with Gasteiger partial charge in [-0.2, -0.15) is 0 Å². The van der Waals surface area contributed by atoms with Gasteiger partial charge in [-0.1, -0.05) is 0 Å². The summed E-state index contributed by atoms with van der Waals surface area (Å²) in [7, 11) is -63.6. The molecule has 0 saturated carbocycles. The van der Waals surface area contributed by atoms with Crippen molar-refractivity contribution in [2.24, 2.45) is 0 Å². The number of hydrogen-bond acceptors (Lipinski definition) is 11. The summed E-state index contributed by atoms with van der Waals surface area (Å²) in [5.74, 6) is 0. The second-order valence-electron chi connectivity index (χ2n) is 9.67. The highest BCUT2D eigenvalue weighted by Gasteiger charge is 2.72. The molecule has 284 valence electrons. The predicted molar refractivity (Wildman–Crippen MR) is 147 cm³/mol. The maximum Gasteiger partial charge on any atom is 0.385 e. The van der Waals surface area contributed by atoms with E-state index in [1.165, 1.54) is 0 Å². The molecule has 7 atom stereocenters. The second-order valence-corrected chi connectivity index (χ2v) is 25.6. The molecule has 0 aromatic heterocycles.